The molecule has 0 saturated heterocycles. The van der Waals surface area contributed by atoms with Gasteiger partial charge in [-0.3, -0.25) is 0 Å². The highest BCUT2D eigenvalue weighted by atomic mass is 19.1. The molecule has 0 aliphatic carbocycles. The molecule has 84 valence electrons. The summed E-state index contributed by atoms with van der Waals surface area (Å²) in [4.78, 5) is 0. The second-order valence-electron chi connectivity index (χ2n) is 3.29. The van der Waals surface area contributed by atoms with Crippen LogP contribution in [0.3, 0.4) is 0 Å². The predicted octanol–water partition coefficient (Wildman–Crippen LogP) is 1.48. The minimum atomic E-state index is -0.299. The number of halogens is 1. The standard InChI is InChI=1S/C11H16FNO2/c1-8(13-5-6-14)10-4-3-9(15-2)7-11(10)12/h3-4,7-8,13-14H,5-6H2,1-2H3. The average molecular weight is 213 g/mol. The molecule has 1 atom stereocenters. The molecule has 2 N–H and O–H groups in total. The quantitative estimate of drug-likeness (QED) is 0.778. The van der Waals surface area contributed by atoms with Gasteiger partial charge in [0.25, 0.3) is 0 Å². The van der Waals surface area contributed by atoms with Crippen LogP contribution in [-0.4, -0.2) is 25.4 Å². The van der Waals surface area contributed by atoms with Gasteiger partial charge in [-0.25, -0.2) is 4.39 Å². The lowest BCUT2D eigenvalue weighted by Crippen LogP contribution is -2.22. The molecule has 0 aromatic heterocycles. The third kappa shape index (κ3) is 3.18. The molecule has 0 radical (unpaired) electrons. The fourth-order valence-electron chi connectivity index (χ4n) is 1.38. The van der Waals surface area contributed by atoms with Crippen molar-refractivity contribution in [3.63, 3.8) is 0 Å². The fourth-order valence-corrected chi connectivity index (χ4v) is 1.38. The van der Waals surface area contributed by atoms with Crippen molar-refractivity contribution >= 4 is 0 Å². The van der Waals surface area contributed by atoms with Gasteiger partial charge >= 0.3 is 0 Å². The average Bonchev–Trinajstić information content (AvgIpc) is 2.25. The fraction of sp³-hybridized carbons (Fsp3) is 0.455. The smallest absolute Gasteiger partial charge is 0.131 e. The van der Waals surface area contributed by atoms with Crippen molar-refractivity contribution in [1.82, 2.24) is 5.32 Å². The van der Waals surface area contributed by atoms with Gasteiger partial charge in [0.2, 0.25) is 0 Å². The van der Waals surface area contributed by atoms with E-state index in [2.05, 4.69) is 5.32 Å². The molecule has 4 heteroatoms. The normalized spacial score (nSPS) is 12.5. The van der Waals surface area contributed by atoms with E-state index in [1.165, 1.54) is 13.2 Å². The lowest BCUT2D eigenvalue weighted by Gasteiger charge is -2.14. The van der Waals surface area contributed by atoms with Crippen LogP contribution in [0.4, 0.5) is 4.39 Å². The molecular formula is C11H16FNO2. The lowest BCUT2D eigenvalue weighted by atomic mass is 10.1. The van der Waals surface area contributed by atoms with Gasteiger partial charge < -0.3 is 15.2 Å². The second kappa shape index (κ2) is 5.68. The Hall–Kier alpha value is -1.13. The molecular weight excluding hydrogens is 197 g/mol. The molecule has 0 amide bonds. The number of hydrogen-bond donors (Lipinski definition) is 2. The molecule has 1 rings (SSSR count). The molecule has 1 unspecified atom stereocenters. The van der Waals surface area contributed by atoms with Crippen LogP contribution in [-0.2, 0) is 0 Å². The minimum Gasteiger partial charge on any atom is -0.497 e. The SMILES string of the molecule is COc1ccc(C(C)NCCO)c(F)c1. The van der Waals surface area contributed by atoms with Crippen molar-refractivity contribution < 1.29 is 14.2 Å². The molecule has 1 aromatic carbocycles. The number of nitrogens with one attached hydrogen (secondary N) is 1. The molecule has 3 nitrogen and oxygen atoms in total. The van der Waals surface area contributed by atoms with Crippen molar-refractivity contribution in [2.75, 3.05) is 20.3 Å². The summed E-state index contributed by atoms with van der Waals surface area (Å²) >= 11 is 0. The van der Waals surface area contributed by atoms with Gasteiger partial charge in [0.15, 0.2) is 0 Å². The molecule has 15 heavy (non-hydrogen) atoms. The third-order valence-electron chi connectivity index (χ3n) is 2.24. The van der Waals surface area contributed by atoms with E-state index in [1.807, 2.05) is 6.92 Å². The number of rotatable bonds is 5. The summed E-state index contributed by atoms with van der Waals surface area (Å²) in [5.41, 5.74) is 0.573. The maximum atomic E-state index is 13.5. The highest BCUT2D eigenvalue weighted by molar-refractivity contribution is 5.30. The molecule has 0 aliphatic rings. The number of benzene rings is 1. The van der Waals surface area contributed by atoms with Crippen LogP contribution in [0.2, 0.25) is 0 Å². The van der Waals surface area contributed by atoms with Crippen molar-refractivity contribution in [1.29, 1.82) is 0 Å². The Morgan fingerprint density at radius 2 is 2.27 bits per heavy atom. The maximum Gasteiger partial charge on any atom is 0.131 e. The van der Waals surface area contributed by atoms with E-state index < -0.39 is 0 Å². The number of methoxy groups -OCH3 is 1. The Bertz CT molecular complexity index is 317. The zero-order valence-corrected chi connectivity index (χ0v) is 8.96. The third-order valence-corrected chi connectivity index (χ3v) is 2.24. The van der Waals surface area contributed by atoms with E-state index in [1.54, 1.807) is 12.1 Å². The lowest BCUT2D eigenvalue weighted by molar-refractivity contribution is 0.285. The van der Waals surface area contributed by atoms with Gasteiger partial charge in [-0.2, -0.15) is 0 Å². The van der Waals surface area contributed by atoms with Gasteiger partial charge in [0.05, 0.1) is 13.7 Å². The maximum absolute atomic E-state index is 13.5. The Morgan fingerprint density at radius 3 is 2.80 bits per heavy atom. The van der Waals surface area contributed by atoms with Crippen LogP contribution in [0.15, 0.2) is 18.2 Å². The van der Waals surface area contributed by atoms with Gasteiger partial charge in [0, 0.05) is 24.2 Å². The summed E-state index contributed by atoms with van der Waals surface area (Å²) in [7, 11) is 1.50. The highest BCUT2D eigenvalue weighted by Crippen LogP contribution is 2.21. The van der Waals surface area contributed by atoms with Crippen molar-refractivity contribution in [2.24, 2.45) is 0 Å². The monoisotopic (exact) mass is 213 g/mol. The zero-order chi connectivity index (χ0) is 11.3. The van der Waals surface area contributed by atoms with Gasteiger partial charge in [-0.1, -0.05) is 6.07 Å². The summed E-state index contributed by atoms with van der Waals surface area (Å²) in [6.07, 6.45) is 0. The van der Waals surface area contributed by atoms with E-state index in [9.17, 15) is 4.39 Å². The summed E-state index contributed by atoms with van der Waals surface area (Å²) in [5, 5.41) is 11.6. The Morgan fingerprint density at radius 1 is 1.53 bits per heavy atom. The van der Waals surface area contributed by atoms with E-state index in [-0.39, 0.29) is 18.5 Å². The number of aliphatic hydroxyl groups excluding tert-OH is 1. The summed E-state index contributed by atoms with van der Waals surface area (Å²) < 4.78 is 18.4. The highest BCUT2D eigenvalue weighted by Gasteiger charge is 2.10. The van der Waals surface area contributed by atoms with Crippen LogP contribution in [0, 0.1) is 5.82 Å². The first kappa shape index (κ1) is 11.9. The Balaban J connectivity index is 2.76. The molecule has 0 spiro atoms. The number of ether oxygens (including phenoxy) is 1. The van der Waals surface area contributed by atoms with E-state index in [4.69, 9.17) is 9.84 Å². The molecule has 0 bridgehead atoms. The van der Waals surface area contributed by atoms with E-state index in [0.29, 0.717) is 17.9 Å². The van der Waals surface area contributed by atoms with Crippen LogP contribution in [0.1, 0.15) is 18.5 Å². The number of aliphatic hydroxyl groups is 1. The van der Waals surface area contributed by atoms with Crippen LogP contribution in [0.25, 0.3) is 0 Å². The molecule has 0 heterocycles. The van der Waals surface area contributed by atoms with Crippen LogP contribution >= 0.6 is 0 Å². The van der Waals surface area contributed by atoms with E-state index >= 15 is 0 Å². The van der Waals surface area contributed by atoms with Crippen molar-refractivity contribution in [2.45, 2.75) is 13.0 Å². The molecule has 0 saturated carbocycles. The minimum absolute atomic E-state index is 0.0438. The van der Waals surface area contributed by atoms with Gasteiger partial charge in [0.1, 0.15) is 11.6 Å². The molecule has 0 aliphatic heterocycles. The van der Waals surface area contributed by atoms with Gasteiger partial charge in [-0.05, 0) is 13.0 Å². The molecule has 0 fully saturated rings. The topological polar surface area (TPSA) is 41.5 Å². The largest absolute Gasteiger partial charge is 0.497 e. The predicted molar refractivity (Wildman–Crippen MR) is 56.5 cm³/mol. The first-order valence-electron chi connectivity index (χ1n) is 4.86. The second-order valence-corrected chi connectivity index (χ2v) is 3.29. The number of hydrogen-bond acceptors (Lipinski definition) is 3. The van der Waals surface area contributed by atoms with Gasteiger partial charge in [-0.15, -0.1) is 0 Å². The molecule has 1 aromatic rings. The van der Waals surface area contributed by atoms with Crippen LogP contribution < -0.4 is 10.1 Å². The van der Waals surface area contributed by atoms with Crippen molar-refractivity contribution in [3.05, 3.63) is 29.6 Å². The zero-order valence-electron chi connectivity index (χ0n) is 8.96. The van der Waals surface area contributed by atoms with Crippen LogP contribution in [0.5, 0.6) is 5.75 Å². The first-order valence-corrected chi connectivity index (χ1v) is 4.86. The van der Waals surface area contributed by atoms with E-state index in [0.717, 1.165) is 0 Å². The summed E-state index contributed by atoms with van der Waals surface area (Å²) in [5.74, 6) is 0.206. The summed E-state index contributed by atoms with van der Waals surface area (Å²) in [6, 6.07) is 4.63. The first-order chi connectivity index (χ1) is 7.19. The van der Waals surface area contributed by atoms with Crippen molar-refractivity contribution in [3.8, 4) is 5.75 Å². The Kier molecular flexibility index (Phi) is 4.52. The summed E-state index contributed by atoms with van der Waals surface area (Å²) in [6.45, 7) is 2.34. The Labute approximate surface area is 88.9 Å².